The van der Waals surface area contributed by atoms with Gasteiger partial charge in [-0.05, 0) is 18.6 Å². The molecular weight excluding hydrogens is 236 g/mol. The maximum Gasteiger partial charge on any atom is 0.335 e. The highest BCUT2D eigenvalue weighted by Gasteiger charge is 2.18. The molecule has 5 heteroatoms. The second-order valence-electron chi connectivity index (χ2n) is 3.31. The molecule has 0 atom stereocenters. The van der Waals surface area contributed by atoms with Crippen LogP contribution in [0.15, 0.2) is 37.4 Å². The molecule has 1 rings (SSSR count). The van der Waals surface area contributed by atoms with E-state index in [1.165, 1.54) is 12.1 Å². The number of benzene rings is 1. The highest BCUT2D eigenvalue weighted by atomic mass is 16.6. The van der Waals surface area contributed by atoms with Gasteiger partial charge in [0.2, 0.25) is 5.75 Å². The van der Waals surface area contributed by atoms with E-state index in [9.17, 15) is 14.7 Å². The van der Waals surface area contributed by atoms with Crippen molar-refractivity contribution in [3.05, 3.63) is 43.0 Å². The van der Waals surface area contributed by atoms with Gasteiger partial charge >= 0.3 is 11.9 Å². The molecule has 1 N–H and O–H groups in total. The molecule has 0 saturated carbocycles. The maximum atomic E-state index is 11.2. The lowest BCUT2D eigenvalue weighted by atomic mass is 10.2. The molecule has 18 heavy (non-hydrogen) atoms. The van der Waals surface area contributed by atoms with Crippen molar-refractivity contribution in [3.8, 4) is 17.2 Å². The molecule has 0 aliphatic heterocycles. The molecule has 94 valence electrons. The largest absolute Gasteiger partial charge is 0.504 e. The summed E-state index contributed by atoms with van der Waals surface area (Å²) in [5.41, 5.74) is 0.523. The minimum absolute atomic E-state index is 0.0323. The van der Waals surface area contributed by atoms with Crippen LogP contribution in [0.4, 0.5) is 0 Å². The first-order valence-corrected chi connectivity index (χ1v) is 5.00. The molecule has 0 aromatic heterocycles. The predicted octanol–water partition coefficient (Wildman–Crippen LogP) is 1.88. The Kier molecular flexibility index (Phi) is 4.26. The molecule has 1 aromatic rings. The number of hydrogen-bond donors (Lipinski definition) is 1. The van der Waals surface area contributed by atoms with E-state index < -0.39 is 11.9 Å². The molecule has 0 saturated heterocycles. The number of carbonyl (C=O) groups excluding carboxylic acids is 2. The van der Waals surface area contributed by atoms with E-state index in [4.69, 9.17) is 9.47 Å². The summed E-state index contributed by atoms with van der Waals surface area (Å²) in [5.74, 6) is -2.07. The van der Waals surface area contributed by atoms with Crippen molar-refractivity contribution < 1.29 is 24.2 Å². The summed E-state index contributed by atoms with van der Waals surface area (Å²) in [6, 6.07) is 2.85. The topological polar surface area (TPSA) is 72.8 Å². The van der Waals surface area contributed by atoms with Gasteiger partial charge in [0.25, 0.3) is 0 Å². The van der Waals surface area contributed by atoms with Gasteiger partial charge in [-0.2, -0.15) is 0 Å². The normalized spacial score (nSPS) is 9.39. The van der Waals surface area contributed by atoms with Gasteiger partial charge in [0.1, 0.15) is 0 Å². The summed E-state index contributed by atoms with van der Waals surface area (Å²) in [4.78, 5) is 22.3. The number of rotatable bonds is 4. The number of carbonyl (C=O) groups is 2. The van der Waals surface area contributed by atoms with Gasteiger partial charge < -0.3 is 14.6 Å². The highest BCUT2D eigenvalue weighted by Crippen LogP contribution is 2.39. The SMILES string of the molecule is C=CC(=O)Oc1c(C)ccc(O)c1OC(=O)C=C. The number of phenolic OH excluding ortho intramolecular Hbond substituents is 1. The van der Waals surface area contributed by atoms with Crippen LogP contribution in [0.25, 0.3) is 0 Å². The van der Waals surface area contributed by atoms with Crippen LogP contribution in [-0.2, 0) is 9.59 Å². The third-order valence-corrected chi connectivity index (χ3v) is 2.03. The molecule has 5 nitrogen and oxygen atoms in total. The van der Waals surface area contributed by atoms with Crippen LogP contribution in [0.1, 0.15) is 5.56 Å². The summed E-state index contributed by atoms with van der Waals surface area (Å²) >= 11 is 0. The molecule has 0 amide bonds. The van der Waals surface area contributed by atoms with Crippen LogP contribution in [-0.4, -0.2) is 17.0 Å². The van der Waals surface area contributed by atoms with Gasteiger partial charge in [0.05, 0.1) is 0 Å². The summed E-state index contributed by atoms with van der Waals surface area (Å²) in [6.45, 7) is 8.13. The molecule has 0 aliphatic carbocycles. The molecule has 0 radical (unpaired) electrons. The van der Waals surface area contributed by atoms with E-state index in [1.807, 2.05) is 0 Å². The predicted molar refractivity (Wildman–Crippen MR) is 64.5 cm³/mol. The quantitative estimate of drug-likeness (QED) is 0.500. The number of hydrogen-bond acceptors (Lipinski definition) is 5. The fourth-order valence-electron chi connectivity index (χ4n) is 1.16. The lowest BCUT2D eigenvalue weighted by Gasteiger charge is -2.12. The second-order valence-corrected chi connectivity index (χ2v) is 3.31. The lowest BCUT2D eigenvalue weighted by molar-refractivity contribution is -0.131. The Hall–Kier alpha value is -2.56. The van der Waals surface area contributed by atoms with E-state index in [1.54, 1.807) is 6.92 Å². The smallest absolute Gasteiger partial charge is 0.335 e. The summed E-state index contributed by atoms with van der Waals surface area (Å²) in [7, 11) is 0. The van der Waals surface area contributed by atoms with Crippen molar-refractivity contribution in [2.45, 2.75) is 6.92 Å². The van der Waals surface area contributed by atoms with Crippen molar-refractivity contribution in [1.82, 2.24) is 0 Å². The average Bonchev–Trinajstić information content (AvgIpc) is 2.37. The Labute approximate surface area is 104 Å². The molecule has 0 unspecified atom stereocenters. The Bertz CT molecular complexity index is 469. The van der Waals surface area contributed by atoms with Crippen molar-refractivity contribution in [1.29, 1.82) is 0 Å². The summed E-state index contributed by atoms with van der Waals surface area (Å²) in [6.07, 6.45) is 1.89. The van der Waals surface area contributed by atoms with Crippen molar-refractivity contribution in [2.75, 3.05) is 0 Å². The Morgan fingerprint density at radius 2 is 1.61 bits per heavy atom. The lowest BCUT2D eigenvalue weighted by Crippen LogP contribution is -2.09. The zero-order chi connectivity index (χ0) is 13.7. The maximum absolute atomic E-state index is 11.2. The van der Waals surface area contributed by atoms with Crippen molar-refractivity contribution >= 4 is 11.9 Å². The molecule has 0 bridgehead atoms. The third-order valence-electron chi connectivity index (χ3n) is 2.03. The minimum atomic E-state index is -0.771. The number of aryl methyl sites for hydroxylation is 1. The van der Waals surface area contributed by atoms with Crippen molar-refractivity contribution in [3.63, 3.8) is 0 Å². The van der Waals surface area contributed by atoms with Gasteiger partial charge in [-0.25, -0.2) is 9.59 Å². The molecule has 0 aliphatic rings. The van der Waals surface area contributed by atoms with Gasteiger partial charge in [0.15, 0.2) is 11.5 Å². The fraction of sp³-hybridized carbons (Fsp3) is 0.0769. The third kappa shape index (κ3) is 2.98. The molecule has 0 fully saturated rings. The highest BCUT2D eigenvalue weighted by molar-refractivity contribution is 5.87. The monoisotopic (exact) mass is 248 g/mol. The standard InChI is InChI=1S/C13H12O5/c1-4-10(15)17-12-8(3)6-7-9(14)13(12)18-11(16)5-2/h4-7,14H,1-2H2,3H3. The van der Waals surface area contributed by atoms with Gasteiger partial charge in [0, 0.05) is 12.2 Å². The zero-order valence-corrected chi connectivity index (χ0v) is 9.80. The first-order chi connectivity index (χ1) is 8.49. The first kappa shape index (κ1) is 13.5. The van der Waals surface area contributed by atoms with Crippen LogP contribution in [0.3, 0.4) is 0 Å². The molecule has 1 aromatic carbocycles. The summed E-state index contributed by atoms with van der Waals surface area (Å²) in [5, 5.41) is 9.62. The first-order valence-electron chi connectivity index (χ1n) is 5.00. The van der Waals surface area contributed by atoms with Gasteiger partial charge in [-0.3, -0.25) is 0 Å². The van der Waals surface area contributed by atoms with Crippen LogP contribution < -0.4 is 9.47 Å². The van der Waals surface area contributed by atoms with Gasteiger partial charge in [-0.15, -0.1) is 0 Å². The van der Waals surface area contributed by atoms with E-state index in [0.717, 1.165) is 12.2 Å². The van der Waals surface area contributed by atoms with Crippen LogP contribution in [0.5, 0.6) is 17.2 Å². The summed E-state index contributed by atoms with van der Waals surface area (Å²) < 4.78 is 9.76. The second kappa shape index (κ2) is 5.67. The number of phenols is 1. The number of esters is 2. The zero-order valence-electron chi connectivity index (χ0n) is 9.80. The Balaban J connectivity index is 3.23. The van der Waals surface area contributed by atoms with Gasteiger partial charge in [-0.1, -0.05) is 19.2 Å². The molecular formula is C13H12O5. The Morgan fingerprint density at radius 3 is 2.11 bits per heavy atom. The Morgan fingerprint density at radius 1 is 1.11 bits per heavy atom. The minimum Gasteiger partial charge on any atom is -0.504 e. The van der Waals surface area contributed by atoms with Crippen LogP contribution in [0.2, 0.25) is 0 Å². The van der Waals surface area contributed by atoms with Crippen LogP contribution in [0, 0.1) is 6.92 Å². The van der Waals surface area contributed by atoms with Crippen molar-refractivity contribution in [2.24, 2.45) is 0 Å². The number of aromatic hydroxyl groups is 1. The average molecular weight is 248 g/mol. The van der Waals surface area contributed by atoms with E-state index in [-0.39, 0.29) is 17.2 Å². The van der Waals surface area contributed by atoms with Crippen LogP contribution >= 0.6 is 0 Å². The van der Waals surface area contributed by atoms with E-state index in [0.29, 0.717) is 5.56 Å². The van der Waals surface area contributed by atoms with E-state index >= 15 is 0 Å². The molecule has 0 heterocycles. The molecule has 0 spiro atoms. The fourth-order valence-corrected chi connectivity index (χ4v) is 1.16. The number of ether oxygens (including phenoxy) is 2. The van der Waals surface area contributed by atoms with E-state index in [2.05, 4.69) is 13.2 Å².